The van der Waals surface area contributed by atoms with E-state index in [1.165, 1.54) is 4.90 Å². The van der Waals surface area contributed by atoms with Crippen LogP contribution in [0.3, 0.4) is 0 Å². The molecule has 0 atom stereocenters. The fraction of sp³-hybridized carbons (Fsp3) is 0.417. The van der Waals surface area contributed by atoms with Gasteiger partial charge in [0.15, 0.2) is 0 Å². The Balaban J connectivity index is 1.91. The Morgan fingerprint density at radius 3 is 2.47 bits per heavy atom. The average molecular weight is 309 g/mol. The second-order valence-corrected chi connectivity index (χ2v) is 5.40. The molecule has 1 fully saturated rings. The highest BCUT2D eigenvalue weighted by molar-refractivity contribution is 6.35. The van der Waals surface area contributed by atoms with Crippen molar-refractivity contribution in [1.82, 2.24) is 4.90 Å². The molecule has 1 aromatic carbocycles. The largest absolute Gasteiger partial charge is 0.325 e. The van der Waals surface area contributed by atoms with Gasteiger partial charge >= 0.3 is 0 Å². The van der Waals surface area contributed by atoms with Crippen LogP contribution in [0.2, 0.25) is 10.0 Å². The molecule has 0 aromatic heterocycles. The van der Waals surface area contributed by atoms with Gasteiger partial charge in [0.2, 0.25) is 5.91 Å². The zero-order valence-corrected chi connectivity index (χ0v) is 11.4. The number of amides is 1. The molecule has 1 aliphatic rings. The van der Waals surface area contributed by atoms with E-state index >= 15 is 0 Å². The molecule has 19 heavy (non-hydrogen) atoms. The van der Waals surface area contributed by atoms with Crippen molar-refractivity contribution in [1.29, 1.82) is 0 Å². The molecule has 2 rings (SSSR count). The maximum Gasteiger partial charge on any atom is 0.261 e. The van der Waals surface area contributed by atoms with Gasteiger partial charge in [-0.2, -0.15) is 0 Å². The standard InChI is InChI=1S/C12H12Cl2F2N2O/c13-8-3-9(14)5-10(4-8)17-11(19)6-18-2-1-12(15,16)7-18/h3-5H,1-2,6-7H2,(H,17,19). The van der Waals surface area contributed by atoms with E-state index in [0.29, 0.717) is 15.7 Å². The molecule has 3 nitrogen and oxygen atoms in total. The van der Waals surface area contributed by atoms with Gasteiger partial charge in [0, 0.05) is 28.7 Å². The lowest BCUT2D eigenvalue weighted by molar-refractivity contribution is -0.117. The zero-order valence-electron chi connectivity index (χ0n) is 9.93. The highest BCUT2D eigenvalue weighted by atomic mass is 35.5. The number of likely N-dealkylation sites (tertiary alicyclic amines) is 1. The Labute approximate surface area is 119 Å². The molecule has 1 N–H and O–H groups in total. The molecule has 1 heterocycles. The lowest BCUT2D eigenvalue weighted by atomic mass is 10.3. The lowest BCUT2D eigenvalue weighted by Gasteiger charge is -2.15. The van der Waals surface area contributed by atoms with Gasteiger partial charge in [0.1, 0.15) is 0 Å². The molecule has 0 saturated carbocycles. The Morgan fingerprint density at radius 1 is 1.32 bits per heavy atom. The number of alkyl halides is 2. The molecule has 0 aliphatic carbocycles. The fourth-order valence-electron chi connectivity index (χ4n) is 1.97. The summed E-state index contributed by atoms with van der Waals surface area (Å²) in [6, 6.07) is 4.63. The molecule has 1 saturated heterocycles. The summed E-state index contributed by atoms with van der Waals surface area (Å²) in [6.07, 6.45) is -0.205. The second-order valence-electron chi connectivity index (χ2n) is 4.52. The molecule has 104 valence electrons. The van der Waals surface area contributed by atoms with Crippen LogP contribution in [0.4, 0.5) is 14.5 Å². The third-order valence-corrected chi connectivity index (χ3v) is 3.20. The minimum atomic E-state index is -2.69. The van der Waals surface area contributed by atoms with Crippen molar-refractivity contribution in [3.05, 3.63) is 28.2 Å². The van der Waals surface area contributed by atoms with Crippen LogP contribution in [-0.4, -0.2) is 36.4 Å². The van der Waals surface area contributed by atoms with Crippen molar-refractivity contribution in [2.75, 3.05) is 25.0 Å². The quantitative estimate of drug-likeness (QED) is 0.929. The van der Waals surface area contributed by atoms with Crippen LogP contribution in [0.25, 0.3) is 0 Å². The maximum absolute atomic E-state index is 13.0. The first-order valence-electron chi connectivity index (χ1n) is 5.70. The highest BCUT2D eigenvalue weighted by Gasteiger charge is 2.38. The Kier molecular flexibility index (Phi) is 4.28. The number of hydrogen-bond donors (Lipinski definition) is 1. The summed E-state index contributed by atoms with van der Waals surface area (Å²) in [5, 5.41) is 3.38. The monoisotopic (exact) mass is 308 g/mol. The van der Waals surface area contributed by atoms with E-state index in [2.05, 4.69) is 5.32 Å². The van der Waals surface area contributed by atoms with Crippen LogP contribution in [0.15, 0.2) is 18.2 Å². The summed E-state index contributed by atoms with van der Waals surface area (Å²) in [6.45, 7) is -0.229. The van der Waals surface area contributed by atoms with Crippen molar-refractivity contribution >= 4 is 34.8 Å². The minimum Gasteiger partial charge on any atom is -0.325 e. The molecule has 1 aliphatic heterocycles. The van der Waals surface area contributed by atoms with Gasteiger partial charge in [0.05, 0.1) is 13.1 Å². The molecule has 1 amide bonds. The SMILES string of the molecule is O=C(CN1CCC(F)(F)C1)Nc1cc(Cl)cc(Cl)c1. The van der Waals surface area contributed by atoms with Crippen molar-refractivity contribution in [3.63, 3.8) is 0 Å². The Morgan fingerprint density at radius 2 is 1.95 bits per heavy atom. The number of benzene rings is 1. The van der Waals surface area contributed by atoms with E-state index in [9.17, 15) is 13.6 Å². The molecule has 0 unspecified atom stereocenters. The maximum atomic E-state index is 13.0. The van der Waals surface area contributed by atoms with Crippen molar-refractivity contribution < 1.29 is 13.6 Å². The first-order chi connectivity index (χ1) is 8.84. The molecule has 0 bridgehead atoms. The van der Waals surface area contributed by atoms with Crippen molar-refractivity contribution in [3.8, 4) is 0 Å². The van der Waals surface area contributed by atoms with Crippen LogP contribution >= 0.6 is 23.2 Å². The molecular weight excluding hydrogens is 297 g/mol. The van der Waals surface area contributed by atoms with Crippen molar-refractivity contribution in [2.45, 2.75) is 12.3 Å². The summed E-state index contributed by atoms with van der Waals surface area (Å²) < 4.78 is 25.9. The summed E-state index contributed by atoms with van der Waals surface area (Å²) in [7, 11) is 0. The van der Waals surface area contributed by atoms with Crippen LogP contribution in [0, 0.1) is 0 Å². The van der Waals surface area contributed by atoms with E-state index in [1.54, 1.807) is 18.2 Å². The van der Waals surface area contributed by atoms with E-state index in [4.69, 9.17) is 23.2 Å². The third kappa shape index (κ3) is 4.30. The number of rotatable bonds is 3. The van der Waals surface area contributed by atoms with Gasteiger partial charge in [-0.15, -0.1) is 0 Å². The van der Waals surface area contributed by atoms with Crippen LogP contribution in [0.5, 0.6) is 0 Å². The molecule has 0 spiro atoms. The van der Waals surface area contributed by atoms with E-state index in [1.807, 2.05) is 0 Å². The zero-order chi connectivity index (χ0) is 14.0. The summed E-state index contributed by atoms with van der Waals surface area (Å²) in [5.41, 5.74) is 0.452. The molecule has 1 aromatic rings. The molecular formula is C12H12Cl2F2N2O. The Hall–Kier alpha value is -0.910. The van der Waals surface area contributed by atoms with E-state index in [-0.39, 0.29) is 32.0 Å². The van der Waals surface area contributed by atoms with Gasteiger partial charge in [-0.05, 0) is 18.2 Å². The second kappa shape index (κ2) is 5.61. The molecule has 0 radical (unpaired) electrons. The molecule has 7 heteroatoms. The number of anilines is 1. The topological polar surface area (TPSA) is 32.3 Å². The normalized spacial score (nSPS) is 18.5. The van der Waals surface area contributed by atoms with E-state index < -0.39 is 5.92 Å². The number of nitrogens with zero attached hydrogens (tertiary/aromatic N) is 1. The Bertz CT molecular complexity index is 476. The third-order valence-electron chi connectivity index (χ3n) is 2.76. The predicted molar refractivity (Wildman–Crippen MR) is 71.1 cm³/mol. The summed E-state index contributed by atoms with van der Waals surface area (Å²) in [5.74, 6) is -3.06. The summed E-state index contributed by atoms with van der Waals surface area (Å²) in [4.78, 5) is 13.1. The van der Waals surface area contributed by atoms with E-state index in [0.717, 1.165) is 0 Å². The first-order valence-corrected chi connectivity index (χ1v) is 6.46. The number of carbonyl (C=O) groups is 1. The first kappa shape index (κ1) is 14.5. The fourth-order valence-corrected chi connectivity index (χ4v) is 2.50. The summed E-state index contributed by atoms with van der Waals surface area (Å²) >= 11 is 11.6. The smallest absolute Gasteiger partial charge is 0.261 e. The number of nitrogens with one attached hydrogen (secondary N) is 1. The van der Waals surface area contributed by atoms with Gasteiger partial charge in [-0.1, -0.05) is 23.2 Å². The highest BCUT2D eigenvalue weighted by Crippen LogP contribution is 2.26. The van der Waals surface area contributed by atoms with Gasteiger partial charge in [-0.25, -0.2) is 8.78 Å². The predicted octanol–water partition coefficient (Wildman–Crippen LogP) is 3.27. The van der Waals surface area contributed by atoms with Gasteiger partial charge in [-0.3, -0.25) is 9.69 Å². The number of halogens is 4. The van der Waals surface area contributed by atoms with Gasteiger partial charge < -0.3 is 5.32 Å². The number of carbonyl (C=O) groups excluding carboxylic acids is 1. The van der Waals surface area contributed by atoms with Crippen LogP contribution in [0.1, 0.15) is 6.42 Å². The lowest BCUT2D eigenvalue weighted by Crippen LogP contribution is -2.33. The van der Waals surface area contributed by atoms with Gasteiger partial charge in [0.25, 0.3) is 5.92 Å². The average Bonchev–Trinajstić information content (AvgIpc) is 2.55. The minimum absolute atomic E-state index is 0.0697. The number of hydrogen-bond acceptors (Lipinski definition) is 2. The van der Waals surface area contributed by atoms with Crippen LogP contribution in [-0.2, 0) is 4.79 Å². The van der Waals surface area contributed by atoms with Crippen LogP contribution < -0.4 is 5.32 Å². The van der Waals surface area contributed by atoms with Crippen molar-refractivity contribution in [2.24, 2.45) is 0 Å².